The van der Waals surface area contributed by atoms with Gasteiger partial charge in [-0.25, -0.2) is 9.48 Å². The normalized spacial score (nSPS) is 11.0. The molecule has 0 fully saturated rings. The second-order valence-electron chi connectivity index (χ2n) is 3.81. The van der Waals surface area contributed by atoms with E-state index >= 15 is 0 Å². The molecule has 1 heterocycles. The molecule has 0 aliphatic heterocycles. The third-order valence-corrected chi connectivity index (χ3v) is 2.67. The molecule has 1 aromatic heterocycles. The molecule has 0 radical (unpaired) electrons. The highest BCUT2D eigenvalue weighted by molar-refractivity contribution is 6.32. The standard InChI is InChI=1S/C13H11ClN2O2/c1-9-7-15-16(8-9)13-10(5-6-12(17)18)3-2-4-11(13)14/h2-8H,1H3,(H,17,18)/b6-5+. The lowest BCUT2D eigenvalue weighted by Crippen LogP contribution is -1.99. The highest BCUT2D eigenvalue weighted by atomic mass is 35.5. The first kappa shape index (κ1) is 12.4. The summed E-state index contributed by atoms with van der Waals surface area (Å²) in [6.45, 7) is 1.92. The Labute approximate surface area is 109 Å². The molecule has 4 nitrogen and oxygen atoms in total. The summed E-state index contributed by atoms with van der Waals surface area (Å²) in [5.41, 5.74) is 2.38. The van der Waals surface area contributed by atoms with Crippen molar-refractivity contribution in [3.8, 4) is 5.69 Å². The third-order valence-electron chi connectivity index (χ3n) is 2.36. The number of aryl methyl sites for hydroxylation is 1. The largest absolute Gasteiger partial charge is 0.478 e. The van der Waals surface area contributed by atoms with Gasteiger partial charge in [-0.05, 0) is 24.6 Å². The molecule has 0 amide bonds. The average molecular weight is 263 g/mol. The lowest BCUT2D eigenvalue weighted by Gasteiger charge is -2.08. The first-order valence-electron chi connectivity index (χ1n) is 5.29. The Balaban J connectivity index is 2.54. The summed E-state index contributed by atoms with van der Waals surface area (Å²) >= 11 is 6.15. The Bertz CT molecular complexity index is 617. The van der Waals surface area contributed by atoms with Crippen LogP contribution in [0, 0.1) is 6.92 Å². The Morgan fingerprint density at radius 1 is 1.50 bits per heavy atom. The maximum atomic E-state index is 10.6. The van der Waals surface area contributed by atoms with Crippen molar-refractivity contribution in [3.63, 3.8) is 0 Å². The number of rotatable bonds is 3. The van der Waals surface area contributed by atoms with Crippen molar-refractivity contribution in [2.24, 2.45) is 0 Å². The zero-order valence-electron chi connectivity index (χ0n) is 9.67. The minimum absolute atomic E-state index is 0.519. The molecular formula is C13H11ClN2O2. The fourth-order valence-electron chi connectivity index (χ4n) is 1.60. The van der Waals surface area contributed by atoms with Crippen LogP contribution in [0.15, 0.2) is 36.7 Å². The Kier molecular flexibility index (Phi) is 3.48. The lowest BCUT2D eigenvalue weighted by molar-refractivity contribution is -0.131. The predicted octanol–water partition coefficient (Wildman–Crippen LogP) is 2.93. The van der Waals surface area contributed by atoms with Gasteiger partial charge in [0.05, 0.1) is 16.9 Å². The molecule has 0 saturated carbocycles. The van der Waals surface area contributed by atoms with Crippen LogP contribution in [0.25, 0.3) is 11.8 Å². The van der Waals surface area contributed by atoms with E-state index in [-0.39, 0.29) is 0 Å². The van der Waals surface area contributed by atoms with Crippen LogP contribution in [0.2, 0.25) is 5.02 Å². The highest BCUT2D eigenvalue weighted by Gasteiger charge is 2.08. The maximum absolute atomic E-state index is 10.6. The minimum Gasteiger partial charge on any atom is -0.478 e. The molecule has 1 N–H and O–H groups in total. The van der Waals surface area contributed by atoms with Crippen LogP contribution in [0.1, 0.15) is 11.1 Å². The molecule has 5 heteroatoms. The number of para-hydroxylation sites is 1. The van der Waals surface area contributed by atoms with E-state index in [1.165, 1.54) is 6.08 Å². The van der Waals surface area contributed by atoms with E-state index in [4.69, 9.17) is 16.7 Å². The molecule has 92 valence electrons. The second-order valence-corrected chi connectivity index (χ2v) is 4.22. The molecule has 0 atom stereocenters. The average Bonchev–Trinajstić information content (AvgIpc) is 2.72. The van der Waals surface area contributed by atoms with E-state index in [1.807, 2.05) is 13.1 Å². The number of halogens is 1. The van der Waals surface area contributed by atoms with Gasteiger partial charge in [0, 0.05) is 17.8 Å². The molecule has 0 spiro atoms. The molecule has 18 heavy (non-hydrogen) atoms. The fraction of sp³-hybridized carbons (Fsp3) is 0.0769. The number of benzene rings is 1. The quantitative estimate of drug-likeness (QED) is 0.866. The molecule has 0 saturated heterocycles. The number of carboxylic acid groups (broad SMARTS) is 1. The fourth-order valence-corrected chi connectivity index (χ4v) is 1.87. The van der Waals surface area contributed by atoms with E-state index in [0.717, 1.165) is 11.6 Å². The van der Waals surface area contributed by atoms with E-state index in [1.54, 1.807) is 29.1 Å². The van der Waals surface area contributed by atoms with Gasteiger partial charge >= 0.3 is 5.97 Å². The summed E-state index contributed by atoms with van der Waals surface area (Å²) in [5, 5.41) is 13.4. The van der Waals surface area contributed by atoms with Crippen LogP contribution in [0.4, 0.5) is 0 Å². The number of nitrogens with zero attached hydrogens (tertiary/aromatic N) is 2. The van der Waals surface area contributed by atoms with Gasteiger partial charge in [-0.1, -0.05) is 23.7 Å². The van der Waals surface area contributed by atoms with Crippen molar-refractivity contribution in [2.45, 2.75) is 6.92 Å². The van der Waals surface area contributed by atoms with E-state index in [0.29, 0.717) is 16.3 Å². The topological polar surface area (TPSA) is 55.1 Å². The van der Waals surface area contributed by atoms with Crippen LogP contribution < -0.4 is 0 Å². The SMILES string of the molecule is Cc1cnn(-c2c(Cl)cccc2/C=C/C(=O)O)c1. The Hall–Kier alpha value is -2.07. The van der Waals surface area contributed by atoms with E-state index in [2.05, 4.69) is 5.10 Å². The summed E-state index contributed by atoms with van der Waals surface area (Å²) in [5.74, 6) is -1.00. The monoisotopic (exact) mass is 262 g/mol. The van der Waals surface area contributed by atoms with Crippen molar-refractivity contribution in [2.75, 3.05) is 0 Å². The molecule has 0 aliphatic carbocycles. The first-order valence-corrected chi connectivity index (χ1v) is 5.67. The zero-order chi connectivity index (χ0) is 13.1. The van der Waals surface area contributed by atoms with Gasteiger partial charge in [0.1, 0.15) is 0 Å². The second kappa shape index (κ2) is 5.06. The first-order chi connectivity index (χ1) is 8.58. The third kappa shape index (κ3) is 2.60. The van der Waals surface area contributed by atoms with Gasteiger partial charge < -0.3 is 5.11 Å². The maximum Gasteiger partial charge on any atom is 0.328 e. The minimum atomic E-state index is -1.00. The molecule has 0 bridgehead atoms. The van der Waals surface area contributed by atoms with E-state index < -0.39 is 5.97 Å². The molecular weight excluding hydrogens is 252 g/mol. The van der Waals surface area contributed by atoms with E-state index in [9.17, 15) is 4.79 Å². The van der Waals surface area contributed by atoms with Crippen LogP contribution in [-0.2, 0) is 4.79 Å². The van der Waals surface area contributed by atoms with Crippen LogP contribution in [-0.4, -0.2) is 20.9 Å². The van der Waals surface area contributed by atoms with Crippen molar-refractivity contribution < 1.29 is 9.90 Å². The molecule has 2 aromatic rings. The van der Waals surface area contributed by atoms with Gasteiger partial charge in [-0.2, -0.15) is 5.10 Å². The molecule has 0 aliphatic rings. The van der Waals surface area contributed by atoms with Gasteiger partial charge in [-0.15, -0.1) is 0 Å². The lowest BCUT2D eigenvalue weighted by atomic mass is 10.1. The summed E-state index contributed by atoms with van der Waals surface area (Å²) < 4.78 is 1.64. The molecule has 0 unspecified atom stereocenters. The van der Waals surface area contributed by atoms with Gasteiger partial charge in [0.2, 0.25) is 0 Å². The summed E-state index contributed by atoms with van der Waals surface area (Å²) in [4.78, 5) is 10.6. The zero-order valence-corrected chi connectivity index (χ0v) is 10.4. The highest BCUT2D eigenvalue weighted by Crippen LogP contribution is 2.25. The predicted molar refractivity (Wildman–Crippen MR) is 70.0 cm³/mol. The molecule has 1 aromatic carbocycles. The number of aliphatic carboxylic acids is 1. The summed E-state index contributed by atoms with van der Waals surface area (Å²) in [6.07, 6.45) is 6.12. The summed E-state index contributed by atoms with van der Waals surface area (Å²) in [6, 6.07) is 5.30. The van der Waals surface area contributed by atoms with Gasteiger partial charge in [0.25, 0.3) is 0 Å². The smallest absolute Gasteiger partial charge is 0.328 e. The van der Waals surface area contributed by atoms with Crippen LogP contribution in [0.3, 0.4) is 0 Å². The molecule has 2 rings (SSSR count). The Morgan fingerprint density at radius 2 is 2.28 bits per heavy atom. The number of aromatic nitrogens is 2. The van der Waals surface area contributed by atoms with Crippen molar-refractivity contribution in [1.29, 1.82) is 0 Å². The number of carboxylic acids is 1. The summed E-state index contributed by atoms with van der Waals surface area (Å²) in [7, 11) is 0. The van der Waals surface area contributed by atoms with Crippen LogP contribution in [0.5, 0.6) is 0 Å². The Morgan fingerprint density at radius 3 is 2.89 bits per heavy atom. The van der Waals surface area contributed by atoms with Gasteiger partial charge in [0.15, 0.2) is 0 Å². The number of hydrogen-bond donors (Lipinski definition) is 1. The van der Waals surface area contributed by atoms with Crippen LogP contribution >= 0.6 is 11.6 Å². The van der Waals surface area contributed by atoms with Gasteiger partial charge in [-0.3, -0.25) is 0 Å². The number of hydrogen-bond acceptors (Lipinski definition) is 2. The van der Waals surface area contributed by atoms with Crippen molar-refractivity contribution >= 4 is 23.6 Å². The van der Waals surface area contributed by atoms with Crippen molar-refractivity contribution in [1.82, 2.24) is 9.78 Å². The number of carbonyl (C=O) groups is 1. The van der Waals surface area contributed by atoms with Crippen molar-refractivity contribution in [3.05, 3.63) is 52.8 Å².